The fourth-order valence-electron chi connectivity index (χ4n) is 0.550. The number of hydrogen-bond donors (Lipinski definition) is 0. The van der Waals surface area contributed by atoms with Gasteiger partial charge in [-0.1, -0.05) is 24.3 Å². The summed E-state index contributed by atoms with van der Waals surface area (Å²) in [5, 5.41) is 10.6. The molecule has 3 heteroatoms. The molecule has 0 aromatic heterocycles. The average Bonchev–Trinajstić information content (AvgIpc) is 1.89. The molecule has 0 aliphatic heterocycles. The second kappa shape index (κ2) is 4.01. The van der Waals surface area contributed by atoms with Gasteiger partial charge in [0.1, 0.15) is 0 Å². The normalized spacial score (nSPS) is 7.50. The van der Waals surface area contributed by atoms with Crippen LogP contribution in [0.15, 0.2) is 24.3 Å². The van der Waals surface area contributed by atoms with Crippen molar-refractivity contribution in [2.45, 2.75) is 0 Å². The second-order valence-electron chi connectivity index (χ2n) is 1.58. The van der Waals surface area contributed by atoms with E-state index in [1.165, 1.54) is 12.1 Å². The van der Waals surface area contributed by atoms with Gasteiger partial charge in [-0.15, -0.1) is 5.75 Å². The van der Waals surface area contributed by atoms with Gasteiger partial charge in [0.2, 0.25) is 0 Å². The molecule has 1 rings (SSSR count). The number of rotatable bonds is 0. The van der Waals surface area contributed by atoms with Crippen LogP contribution in [0.3, 0.4) is 0 Å². The van der Waals surface area contributed by atoms with Crippen LogP contribution in [0.2, 0.25) is 0 Å². The Morgan fingerprint density at radius 2 is 1.90 bits per heavy atom. The van der Waals surface area contributed by atoms with Crippen molar-refractivity contribution >= 4 is 5.69 Å². The summed E-state index contributed by atoms with van der Waals surface area (Å²) in [7, 11) is 0. The maximum Gasteiger partial charge on any atom is 1.00 e. The number of nitrogens with zero attached hydrogens (tertiary/aromatic N) is 1. The summed E-state index contributed by atoms with van der Waals surface area (Å²) >= 11 is 0. The maximum absolute atomic E-state index is 10.6. The molecular formula is C7H4LiNO. The SMILES string of the molecule is [C-]#[N+]c1ccccc1[O-].[Li+]. The zero-order chi connectivity index (χ0) is 6.69. The van der Waals surface area contributed by atoms with Crippen LogP contribution in [-0.2, 0) is 0 Å². The maximum atomic E-state index is 10.6. The number of para-hydroxylation sites is 2. The van der Waals surface area contributed by atoms with Crippen molar-refractivity contribution in [1.82, 2.24) is 0 Å². The van der Waals surface area contributed by atoms with Gasteiger partial charge in [-0.3, -0.25) is 0 Å². The summed E-state index contributed by atoms with van der Waals surface area (Å²) in [4.78, 5) is 3.01. The third kappa shape index (κ3) is 1.81. The quantitative estimate of drug-likeness (QED) is 0.300. The van der Waals surface area contributed by atoms with Crippen LogP contribution in [0.25, 0.3) is 4.85 Å². The third-order valence-corrected chi connectivity index (χ3v) is 0.986. The van der Waals surface area contributed by atoms with Crippen molar-refractivity contribution in [1.29, 1.82) is 0 Å². The van der Waals surface area contributed by atoms with Crippen molar-refractivity contribution in [3.63, 3.8) is 0 Å². The molecule has 0 spiro atoms. The predicted molar refractivity (Wildman–Crippen MR) is 32.1 cm³/mol. The van der Waals surface area contributed by atoms with Crippen LogP contribution < -0.4 is 24.0 Å². The first-order valence-electron chi connectivity index (χ1n) is 2.48. The summed E-state index contributed by atoms with van der Waals surface area (Å²) < 4.78 is 0. The summed E-state index contributed by atoms with van der Waals surface area (Å²) in [6, 6.07) is 6.19. The monoisotopic (exact) mass is 125 g/mol. The zero-order valence-corrected chi connectivity index (χ0v) is 5.66. The molecule has 1 aromatic rings. The molecule has 0 unspecified atom stereocenters. The van der Waals surface area contributed by atoms with Crippen LogP contribution in [0.4, 0.5) is 5.69 Å². The minimum absolute atomic E-state index is 0. The van der Waals surface area contributed by atoms with Crippen molar-refractivity contribution in [3.05, 3.63) is 35.7 Å². The molecule has 0 radical (unpaired) electrons. The van der Waals surface area contributed by atoms with Crippen molar-refractivity contribution in [3.8, 4) is 5.75 Å². The molecule has 0 heterocycles. The van der Waals surface area contributed by atoms with Crippen molar-refractivity contribution in [2.24, 2.45) is 0 Å². The first-order chi connectivity index (χ1) is 4.34. The minimum Gasteiger partial charge on any atom is -0.881 e. The summed E-state index contributed by atoms with van der Waals surface area (Å²) in [5.41, 5.74) is 0.192. The molecule has 10 heavy (non-hydrogen) atoms. The Hall–Kier alpha value is -0.893. The Bertz CT molecular complexity index is 254. The topological polar surface area (TPSA) is 27.4 Å². The molecule has 0 aliphatic carbocycles. The Morgan fingerprint density at radius 1 is 1.30 bits per heavy atom. The van der Waals surface area contributed by atoms with Gasteiger partial charge in [0.05, 0.1) is 6.57 Å². The van der Waals surface area contributed by atoms with Gasteiger partial charge in [-0.05, 0) is 0 Å². The fourth-order valence-corrected chi connectivity index (χ4v) is 0.550. The Morgan fingerprint density at radius 3 is 2.30 bits per heavy atom. The summed E-state index contributed by atoms with van der Waals surface area (Å²) in [5.74, 6) is -0.201. The average molecular weight is 125 g/mol. The van der Waals surface area contributed by atoms with Gasteiger partial charge < -0.3 is 5.11 Å². The van der Waals surface area contributed by atoms with Gasteiger partial charge in [0.15, 0.2) is 5.69 Å². The van der Waals surface area contributed by atoms with Crippen LogP contribution in [-0.4, -0.2) is 0 Å². The molecule has 0 saturated heterocycles. The Kier molecular flexibility index (Phi) is 3.65. The van der Waals surface area contributed by atoms with E-state index >= 15 is 0 Å². The molecule has 0 aliphatic rings. The molecular weight excluding hydrogens is 121 g/mol. The van der Waals surface area contributed by atoms with Gasteiger partial charge in [-0.25, -0.2) is 4.85 Å². The van der Waals surface area contributed by atoms with Crippen LogP contribution in [0.5, 0.6) is 5.75 Å². The summed E-state index contributed by atoms with van der Waals surface area (Å²) in [6.07, 6.45) is 0. The standard InChI is InChI=1S/C7H5NO.Li/c1-8-6-4-2-3-5-7(6)9;/h2-5,9H;/q;+1/p-1. The van der Waals surface area contributed by atoms with E-state index < -0.39 is 0 Å². The van der Waals surface area contributed by atoms with Crippen LogP contribution in [0, 0.1) is 6.57 Å². The molecule has 0 amide bonds. The van der Waals surface area contributed by atoms with E-state index in [4.69, 9.17) is 6.57 Å². The smallest absolute Gasteiger partial charge is 0.881 e. The van der Waals surface area contributed by atoms with Gasteiger partial charge in [0, 0.05) is 0 Å². The first kappa shape index (κ1) is 9.11. The molecule has 0 atom stereocenters. The minimum atomic E-state index is -0.201. The van der Waals surface area contributed by atoms with Gasteiger partial charge >= 0.3 is 18.9 Å². The van der Waals surface area contributed by atoms with Crippen molar-refractivity contribution < 1.29 is 24.0 Å². The van der Waals surface area contributed by atoms with Crippen LogP contribution in [0.1, 0.15) is 0 Å². The van der Waals surface area contributed by atoms with E-state index in [9.17, 15) is 5.11 Å². The molecule has 0 fully saturated rings. The molecule has 1 aromatic carbocycles. The largest absolute Gasteiger partial charge is 1.00 e. The first-order valence-corrected chi connectivity index (χ1v) is 2.48. The molecule has 2 nitrogen and oxygen atoms in total. The van der Waals surface area contributed by atoms with Crippen LogP contribution >= 0.6 is 0 Å². The number of hydrogen-bond acceptors (Lipinski definition) is 1. The Labute approximate surface area is 71.5 Å². The van der Waals surface area contributed by atoms with E-state index in [1.807, 2.05) is 0 Å². The fraction of sp³-hybridized carbons (Fsp3) is 0. The number of benzene rings is 1. The van der Waals surface area contributed by atoms with E-state index in [2.05, 4.69) is 4.85 Å². The van der Waals surface area contributed by atoms with E-state index in [1.54, 1.807) is 12.1 Å². The van der Waals surface area contributed by atoms with Crippen molar-refractivity contribution in [2.75, 3.05) is 0 Å². The molecule has 0 bridgehead atoms. The third-order valence-electron chi connectivity index (χ3n) is 0.986. The molecule has 44 valence electrons. The van der Waals surface area contributed by atoms with E-state index in [-0.39, 0.29) is 30.3 Å². The van der Waals surface area contributed by atoms with E-state index in [0.717, 1.165) is 0 Å². The molecule has 0 N–H and O–H groups in total. The predicted octanol–water partition coefficient (Wildman–Crippen LogP) is -1.69. The zero-order valence-electron chi connectivity index (χ0n) is 5.66. The Balaban J connectivity index is 0.000000810. The second-order valence-corrected chi connectivity index (χ2v) is 1.58. The van der Waals surface area contributed by atoms with Gasteiger partial charge in [0.25, 0.3) is 0 Å². The molecule has 0 saturated carbocycles. The summed E-state index contributed by atoms with van der Waals surface area (Å²) in [6.45, 7) is 6.51. The van der Waals surface area contributed by atoms with E-state index in [0.29, 0.717) is 0 Å². The van der Waals surface area contributed by atoms with Gasteiger partial charge in [-0.2, -0.15) is 0 Å².